The van der Waals surface area contributed by atoms with Crippen molar-refractivity contribution in [2.45, 2.75) is 19.3 Å². The molecular formula is C7H8N2O. The molecule has 3 nitrogen and oxygen atoms in total. The van der Waals surface area contributed by atoms with Crippen LogP contribution in [0.25, 0.3) is 0 Å². The minimum absolute atomic E-state index is 0.174. The van der Waals surface area contributed by atoms with Crippen molar-refractivity contribution < 1.29 is 4.52 Å². The van der Waals surface area contributed by atoms with Crippen LogP contribution < -0.4 is 0 Å². The predicted molar refractivity (Wildman–Crippen MR) is 36.2 cm³/mol. The Morgan fingerprint density at radius 2 is 2.70 bits per heavy atom. The Morgan fingerprint density at radius 3 is 3.20 bits per heavy atom. The van der Waals surface area contributed by atoms with Crippen molar-refractivity contribution in [3.8, 4) is 12.3 Å². The second-order valence-electron chi connectivity index (χ2n) is 2.09. The third kappa shape index (κ3) is 1.35. The average Bonchev–Trinajstić information content (AvgIpc) is 2.38. The Labute approximate surface area is 59.4 Å². The lowest BCUT2D eigenvalue weighted by atomic mass is 10.1. The minimum Gasteiger partial charge on any atom is -0.339 e. The van der Waals surface area contributed by atoms with Crippen LogP contribution in [-0.4, -0.2) is 10.1 Å². The lowest BCUT2D eigenvalue weighted by Crippen LogP contribution is -1.90. The summed E-state index contributed by atoms with van der Waals surface area (Å²) in [4.78, 5) is 3.86. The molecule has 52 valence electrons. The van der Waals surface area contributed by atoms with Gasteiger partial charge in [-0.25, -0.2) is 0 Å². The zero-order valence-corrected chi connectivity index (χ0v) is 5.74. The Balaban J connectivity index is 2.61. The van der Waals surface area contributed by atoms with Crippen molar-refractivity contribution in [3.63, 3.8) is 0 Å². The van der Waals surface area contributed by atoms with E-state index < -0.39 is 0 Å². The monoisotopic (exact) mass is 136 g/mol. The highest BCUT2D eigenvalue weighted by atomic mass is 16.5. The molecular weight excluding hydrogens is 128 g/mol. The maximum absolute atomic E-state index is 5.10. The van der Waals surface area contributed by atoms with E-state index in [2.05, 4.69) is 16.1 Å². The summed E-state index contributed by atoms with van der Waals surface area (Å²) in [6.45, 7) is 1.95. The highest BCUT2D eigenvalue weighted by molar-refractivity contribution is 4.96. The predicted octanol–water partition coefficient (Wildman–Crippen LogP) is 1.20. The molecule has 1 aromatic rings. The summed E-state index contributed by atoms with van der Waals surface area (Å²) < 4.78 is 4.79. The molecule has 3 heteroatoms. The average molecular weight is 136 g/mol. The summed E-state index contributed by atoms with van der Waals surface area (Å²) in [5.74, 6) is 3.31. The van der Waals surface area contributed by atoms with Gasteiger partial charge in [0, 0.05) is 12.3 Å². The smallest absolute Gasteiger partial charge is 0.230 e. The third-order valence-electron chi connectivity index (χ3n) is 1.22. The van der Waals surface area contributed by atoms with Gasteiger partial charge in [0.2, 0.25) is 5.89 Å². The standard InChI is InChI=1S/C7H8N2O/c1-3-4-6(2)7-8-5-9-10-7/h1,5-6H,4H2,2H3/t6-/m0/s1. The summed E-state index contributed by atoms with van der Waals surface area (Å²) in [5, 5.41) is 3.47. The molecule has 0 N–H and O–H groups in total. The topological polar surface area (TPSA) is 38.9 Å². The minimum atomic E-state index is 0.174. The molecule has 0 spiro atoms. The number of rotatable bonds is 2. The van der Waals surface area contributed by atoms with Gasteiger partial charge in [0.1, 0.15) is 0 Å². The van der Waals surface area contributed by atoms with E-state index in [1.807, 2.05) is 6.92 Å². The fourth-order valence-corrected chi connectivity index (χ4v) is 0.663. The number of terminal acetylenes is 1. The Hall–Kier alpha value is -1.30. The highest BCUT2D eigenvalue weighted by Gasteiger charge is 2.08. The molecule has 0 aliphatic rings. The number of aromatic nitrogens is 2. The molecule has 0 fully saturated rings. The maximum atomic E-state index is 5.10. The van der Waals surface area contributed by atoms with Gasteiger partial charge in [-0.2, -0.15) is 4.98 Å². The van der Waals surface area contributed by atoms with Crippen LogP contribution in [-0.2, 0) is 0 Å². The molecule has 0 bridgehead atoms. The van der Waals surface area contributed by atoms with Crippen LogP contribution in [0.5, 0.6) is 0 Å². The fraction of sp³-hybridized carbons (Fsp3) is 0.429. The van der Waals surface area contributed by atoms with Crippen LogP contribution in [0.1, 0.15) is 25.2 Å². The maximum Gasteiger partial charge on any atom is 0.230 e. The molecule has 0 amide bonds. The number of hydrogen-bond acceptors (Lipinski definition) is 3. The van der Waals surface area contributed by atoms with E-state index in [9.17, 15) is 0 Å². The van der Waals surface area contributed by atoms with Gasteiger partial charge in [-0.05, 0) is 0 Å². The van der Waals surface area contributed by atoms with Crippen molar-refractivity contribution in [2.24, 2.45) is 0 Å². The summed E-state index contributed by atoms with van der Waals surface area (Å²) in [6, 6.07) is 0. The van der Waals surface area contributed by atoms with Crippen LogP contribution in [0.2, 0.25) is 0 Å². The SMILES string of the molecule is C#CC[C@H](C)c1ncno1. The summed E-state index contributed by atoms with van der Waals surface area (Å²) in [5.41, 5.74) is 0. The van der Waals surface area contributed by atoms with Crippen LogP contribution in [0.15, 0.2) is 10.9 Å². The van der Waals surface area contributed by atoms with Gasteiger partial charge in [-0.3, -0.25) is 0 Å². The van der Waals surface area contributed by atoms with Gasteiger partial charge in [0.25, 0.3) is 0 Å². The van der Waals surface area contributed by atoms with Crippen molar-refractivity contribution in [2.75, 3.05) is 0 Å². The summed E-state index contributed by atoms with van der Waals surface area (Å²) in [7, 11) is 0. The van der Waals surface area contributed by atoms with E-state index in [0.717, 1.165) is 0 Å². The largest absolute Gasteiger partial charge is 0.339 e. The second-order valence-corrected chi connectivity index (χ2v) is 2.09. The quantitative estimate of drug-likeness (QED) is 0.573. The van der Waals surface area contributed by atoms with Crippen molar-refractivity contribution >= 4 is 0 Å². The summed E-state index contributed by atoms with van der Waals surface area (Å²) in [6.07, 6.45) is 7.11. The van der Waals surface area contributed by atoms with Crippen LogP contribution in [0.4, 0.5) is 0 Å². The molecule has 1 atom stereocenters. The fourth-order valence-electron chi connectivity index (χ4n) is 0.663. The zero-order valence-electron chi connectivity index (χ0n) is 5.74. The first-order chi connectivity index (χ1) is 4.84. The van der Waals surface area contributed by atoms with Crippen LogP contribution >= 0.6 is 0 Å². The van der Waals surface area contributed by atoms with Gasteiger partial charge < -0.3 is 4.52 Å². The Bertz CT molecular complexity index is 222. The molecule has 0 aliphatic carbocycles. The van der Waals surface area contributed by atoms with Crippen molar-refractivity contribution in [1.29, 1.82) is 0 Å². The van der Waals surface area contributed by atoms with E-state index >= 15 is 0 Å². The molecule has 0 unspecified atom stereocenters. The van der Waals surface area contributed by atoms with Gasteiger partial charge in [0.15, 0.2) is 6.33 Å². The van der Waals surface area contributed by atoms with Gasteiger partial charge in [-0.1, -0.05) is 12.1 Å². The Morgan fingerprint density at radius 1 is 1.90 bits per heavy atom. The summed E-state index contributed by atoms with van der Waals surface area (Å²) >= 11 is 0. The van der Waals surface area contributed by atoms with E-state index in [0.29, 0.717) is 12.3 Å². The first kappa shape index (κ1) is 6.81. The highest BCUT2D eigenvalue weighted by Crippen LogP contribution is 2.13. The van der Waals surface area contributed by atoms with Gasteiger partial charge >= 0.3 is 0 Å². The number of hydrogen-bond donors (Lipinski definition) is 0. The van der Waals surface area contributed by atoms with E-state index in [1.54, 1.807) is 0 Å². The molecule has 0 saturated heterocycles. The molecule has 1 aromatic heterocycles. The molecule has 0 radical (unpaired) electrons. The van der Waals surface area contributed by atoms with Crippen molar-refractivity contribution in [3.05, 3.63) is 12.2 Å². The van der Waals surface area contributed by atoms with Gasteiger partial charge in [-0.15, -0.1) is 12.3 Å². The Kier molecular flexibility index (Phi) is 2.06. The lowest BCUT2D eigenvalue weighted by Gasteiger charge is -1.97. The molecule has 1 heterocycles. The first-order valence-corrected chi connectivity index (χ1v) is 3.04. The van der Waals surface area contributed by atoms with E-state index in [4.69, 9.17) is 10.9 Å². The molecule has 0 saturated carbocycles. The number of nitrogens with zero attached hydrogens (tertiary/aromatic N) is 2. The third-order valence-corrected chi connectivity index (χ3v) is 1.22. The lowest BCUT2D eigenvalue weighted by molar-refractivity contribution is 0.360. The van der Waals surface area contributed by atoms with Crippen LogP contribution in [0.3, 0.4) is 0 Å². The normalized spacial score (nSPS) is 12.4. The van der Waals surface area contributed by atoms with E-state index in [1.165, 1.54) is 6.33 Å². The molecule has 1 rings (SSSR count). The molecule has 10 heavy (non-hydrogen) atoms. The van der Waals surface area contributed by atoms with Crippen LogP contribution in [0, 0.1) is 12.3 Å². The zero-order chi connectivity index (χ0) is 7.40. The molecule has 0 aliphatic heterocycles. The van der Waals surface area contributed by atoms with E-state index in [-0.39, 0.29) is 5.92 Å². The van der Waals surface area contributed by atoms with Gasteiger partial charge in [0.05, 0.1) is 0 Å². The molecule has 0 aromatic carbocycles. The second kappa shape index (κ2) is 3.02. The first-order valence-electron chi connectivity index (χ1n) is 3.04. The van der Waals surface area contributed by atoms with Crippen molar-refractivity contribution in [1.82, 2.24) is 10.1 Å².